The fourth-order valence-electron chi connectivity index (χ4n) is 2.68. The first-order chi connectivity index (χ1) is 6.53. The molecule has 1 fully saturated rings. The maximum atomic E-state index is 11.4. The average molecular weight is 199 g/mol. The largest absolute Gasteiger partial charge is 0.480 e. The molecule has 2 atom stereocenters. The van der Waals surface area contributed by atoms with Gasteiger partial charge in [-0.3, -0.25) is 10.1 Å². The van der Waals surface area contributed by atoms with Crippen molar-refractivity contribution in [2.45, 2.75) is 58.0 Å². The number of nitrogens with one attached hydrogen (secondary N) is 1. The lowest BCUT2D eigenvalue weighted by Gasteiger charge is -2.33. The van der Waals surface area contributed by atoms with Gasteiger partial charge in [0, 0.05) is 6.04 Å². The summed E-state index contributed by atoms with van der Waals surface area (Å²) in [5.41, 5.74) is -0.650. The van der Waals surface area contributed by atoms with Crippen LogP contribution in [0.25, 0.3) is 0 Å². The molecule has 1 aliphatic carbocycles. The van der Waals surface area contributed by atoms with Gasteiger partial charge in [-0.1, -0.05) is 19.8 Å². The van der Waals surface area contributed by atoms with Crippen LogP contribution < -0.4 is 5.32 Å². The highest BCUT2D eigenvalue weighted by atomic mass is 16.4. The Labute approximate surface area is 85.9 Å². The van der Waals surface area contributed by atoms with Crippen LogP contribution in [0.5, 0.6) is 0 Å². The van der Waals surface area contributed by atoms with E-state index in [1.165, 1.54) is 0 Å². The summed E-state index contributed by atoms with van der Waals surface area (Å²) in [5.74, 6) is -0.377. The molecular weight excluding hydrogens is 178 g/mol. The molecule has 2 unspecified atom stereocenters. The number of hydrogen-bond donors (Lipinski definition) is 2. The van der Waals surface area contributed by atoms with Crippen molar-refractivity contribution in [3.63, 3.8) is 0 Å². The van der Waals surface area contributed by atoms with Crippen LogP contribution in [0.3, 0.4) is 0 Å². The number of rotatable bonds is 4. The van der Waals surface area contributed by atoms with Gasteiger partial charge in [-0.05, 0) is 32.6 Å². The van der Waals surface area contributed by atoms with Gasteiger partial charge in [0.1, 0.15) is 5.54 Å². The molecule has 0 heterocycles. The van der Waals surface area contributed by atoms with Gasteiger partial charge >= 0.3 is 5.97 Å². The van der Waals surface area contributed by atoms with Gasteiger partial charge < -0.3 is 5.11 Å². The van der Waals surface area contributed by atoms with E-state index >= 15 is 0 Å². The van der Waals surface area contributed by atoms with Gasteiger partial charge in [-0.2, -0.15) is 0 Å². The Morgan fingerprint density at radius 2 is 2.29 bits per heavy atom. The number of aliphatic carboxylic acids is 1. The fraction of sp³-hybridized carbons (Fsp3) is 0.909. The summed E-state index contributed by atoms with van der Waals surface area (Å²) in [5, 5.41) is 12.6. The van der Waals surface area contributed by atoms with Crippen LogP contribution in [0.1, 0.15) is 46.5 Å². The summed E-state index contributed by atoms with van der Waals surface area (Å²) in [4.78, 5) is 11.4. The molecular formula is C11H21NO2. The standard InChI is InChI=1S/C11H21NO2/c1-4-9-6-5-7-11(9,10(13)14)12-8(2)3/h8-9,12H,4-7H2,1-3H3,(H,13,14). The molecule has 1 rings (SSSR count). The second kappa shape index (κ2) is 4.30. The van der Waals surface area contributed by atoms with E-state index in [1.807, 2.05) is 13.8 Å². The quantitative estimate of drug-likeness (QED) is 0.728. The second-order valence-corrected chi connectivity index (χ2v) is 4.57. The van der Waals surface area contributed by atoms with E-state index in [9.17, 15) is 9.90 Å². The molecule has 0 aliphatic heterocycles. The Hall–Kier alpha value is -0.570. The van der Waals surface area contributed by atoms with Gasteiger partial charge in [-0.25, -0.2) is 0 Å². The lowest BCUT2D eigenvalue weighted by molar-refractivity contribution is -0.147. The predicted octanol–water partition coefficient (Wildman–Crippen LogP) is 2.02. The van der Waals surface area contributed by atoms with E-state index in [0.29, 0.717) is 5.92 Å². The minimum Gasteiger partial charge on any atom is -0.480 e. The lowest BCUT2D eigenvalue weighted by Crippen LogP contribution is -2.57. The Kier molecular flexibility index (Phi) is 3.53. The smallest absolute Gasteiger partial charge is 0.324 e. The van der Waals surface area contributed by atoms with Crippen molar-refractivity contribution in [1.82, 2.24) is 5.32 Å². The second-order valence-electron chi connectivity index (χ2n) is 4.57. The Morgan fingerprint density at radius 1 is 1.64 bits per heavy atom. The Balaban J connectivity index is 2.85. The van der Waals surface area contributed by atoms with Crippen LogP contribution in [0.2, 0.25) is 0 Å². The van der Waals surface area contributed by atoms with Crippen molar-refractivity contribution in [3.8, 4) is 0 Å². The summed E-state index contributed by atoms with van der Waals surface area (Å²) < 4.78 is 0. The highest BCUT2D eigenvalue weighted by Crippen LogP contribution is 2.38. The third-order valence-electron chi connectivity index (χ3n) is 3.24. The molecule has 3 nitrogen and oxygen atoms in total. The first-order valence-electron chi connectivity index (χ1n) is 5.54. The van der Waals surface area contributed by atoms with Crippen LogP contribution in [0, 0.1) is 5.92 Å². The summed E-state index contributed by atoms with van der Waals surface area (Å²) in [6.45, 7) is 6.10. The number of carboxylic acid groups (broad SMARTS) is 1. The number of hydrogen-bond acceptors (Lipinski definition) is 2. The molecule has 14 heavy (non-hydrogen) atoms. The molecule has 3 heteroatoms. The molecule has 2 N–H and O–H groups in total. The van der Waals surface area contributed by atoms with Crippen LogP contribution in [-0.2, 0) is 4.79 Å². The number of carbonyl (C=O) groups is 1. The topological polar surface area (TPSA) is 49.3 Å². The Bertz CT molecular complexity index is 215. The third kappa shape index (κ3) is 1.92. The molecule has 0 aromatic rings. The van der Waals surface area contributed by atoms with Crippen LogP contribution in [-0.4, -0.2) is 22.7 Å². The average Bonchev–Trinajstić information content (AvgIpc) is 2.47. The van der Waals surface area contributed by atoms with Gasteiger partial charge in [0.05, 0.1) is 0 Å². The third-order valence-corrected chi connectivity index (χ3v) is 3.24. The van der Waals surface area contributed by atoms with E-state index in [4.69, 9.17) is 0 Å². The van der Waals surface area contributed by atoms with E-state index in [0.717, 1.165) is 25.7 Å². The van der Waals surface area contributed by atoms with Crippen molar-refractivity contribution < 1.29 is 9.90 Å². The maximum Gasteiger partial charge on any atom is 0.324 e. The Morgan fingerprint density at radius 3 is 2.71 bits per heavy atom. The van der Waals surface area contributed by atoms with Crippen LogP contribution >= 0.6 is 0 Å². The fourth-order valence-corrected chi connectivity index (χ4v) is 2.68. The normalized spacial score (nSPS) is 32.4. The molecule has 1 saturated carbocycles. The zero-order chi connectivity index (χ0) is 10.8. The van der Waals surface area contributed by atoms with Crippen LogP contribution in [0.4, 0.5) is 0 Å². The van der Waals surface area contributed by atoms with Gasteiger partial charge in [-0.15, -0.1) is 0 Å². The predicted molar refractivity (Wildman–Crippen MR) is 56.3 cm³/mol. The molecule has 0 aromatic carbocycles. The summed E-state index contributed by atoms with van der Waals surface area (Å²) in [7, 11) is 0. The van der Waals surface area contributed by atoms with E-state index in [1.54, 1.807) is 0 Å². The molecule has 82 valence electrons. The van der Waals surface area contributed by atoms with Gasteiger partial charge in [0.2, 0.25) is 0 Å². The highest BCUT2D eigenvalue weighted by molar-refractivity contribution is 5.79. The minimum atomic E-state index is -0.671. The van der Waals surface area contributed by atoms with Crippen LogP contribution in [0.15, 0.2) is 0 Å². The molecule has 0 saturated heterocycles. The van der Waals surface area contributed by atoms with E-state index < -0.39 is 11.5 Å². The first kappa shape index (κ1) is 11.5. The van der Waals surface area contributed by atoms with Crippen molar-refractivity contribution in [3.05, 3.63) is 0 Å². The van der Waals surface area contributed by atoms with Crippen molar-refractivity contribution in [2.24, 2.45) is 5.92 Å². The highest BCUT2D eigenvalue weighted by Gasteiger charge is 2.48. The molecule has 0 aromatic heterocycles. The first-order valence-corrected chi connectivity index (χ1v) is 5.54. The monoisotopic (exact) mass is 199 g/mol. The van der Waals surface area contributed by atoms with Crippen molar-refractivity contribution >= 4 is 5.97 Å². The molecule has 0 spiro atoms. The lowest BCUT2D eigenvalue weighted by atomic mass is 9.84. The number of carboxylic acids is 1. The van der Waals surface area contributed by atoms with E-state index in [2.05, 4.69) is 12.2 Å². The molecule has 1 aliphatic rings. The minimum absolute atomic E-state index is 0.234. The zero-order valence-electron chi connectivity index (χ0n) is 9.34. The summed E-state index contributed by atoms with van der Waals surface area (Å²) in [6.07, 6.45) is 3.80. The van der Waals surface area contributed by atoms with Crippen molar-refractivity contribution in [1.29, 1.82) is 0 Å². The van der Waals surface area contributed by atoms with Crippen molar-refractivity contribution in [2.75, 3.05) is 0 Å². The molecule has 0 radical (unpaired) electrons. The molecule has 0 bridgehead atoms. The van der Waals surface area contributed by atoms with Gasteiger partial charge in [0.25, 0.3) is 0 Å². The van der Waals surface area contributed by atoms with Gasteiger partial charge in [0.15, 0.2) is 0 Å². The summed E-state index contributed by atoms with van der Waals surface area (Å²) >= 11 is 0. The summed E-state index contributed by atoms with van der Waals surface area (Å²) in [6, 6.07) is 0.234. The molecule has 0 amide bonds. The maximum absolute atomic E-state index is 11.4. The van der Waals surface area contributed by atoms with E-state index in [-0.39, 0.29) is 6.04 Å². The zero-order valence-corrected chi connectivity index (χ0v) is 9.34. The SMILES string of the molecule is CCC1CCCC1(NC(C)C)C(=O)O.